The van der Waals surface area contributed by atoms with Crippen LogP contribution in [0.15, 0.2) is 0 Å². The van der Waals surface area contributed by atoms with Gasteiger partial charge in [-0.05, 0) is 12.8 Å². The number of hydrogen-bond acceptors (Lipinski definition) is 2. The van der Waals surface area contributed by atoms with Crippen molar-refractivity contribution in [3.8, 4) is 0 Å². The lowest BCUT2D eigenvalue weighted by Crippen LogP contribution is -2.20. The normalized spacial score (nSPS) is 12.9. The molecule has 0 radical (unpaired) electrons. The minimum absolute atomic E-state index is 0.217. The van der Waals surface area contributed by atoms with Gasteiger partial charge in [-0.15, -0.1) is 0 Å². The van der Waals surface area contributed by atoms with Crippen LogP contribution >= 0.6 is 0 Å². The second-order valence-electron chi connectivity index (χ2n) is 4.89. The summed E-state index contributed by atoms with van der Waals surface area (Å²) < 4.78 is 0. The Kier molecular flexibility index (Phi) is 12.9. The Balaban J connectivity index is 2.98. The lowest BCUT2D eigenvalue weighted by molar-refractivity contribution is 0.271. The van der Waals surface area contributed by atoms with Crippen LogP contribution in [0.2, 0.25) is 0 Å². The molecule has 0 saturated heterocycles. The summed E-state index contributed by atoms with van der Waals surface area (Å²) in [7, 11) is 0. The van der Waals surface area contributed by atoms with Crippen LogP contribution in [0.25, 0.3) is 0 Å². The van der Waals surface area contributed by atoms with Gasteiger partial charge in [0.1, 0.15) is 0 Å². The Morgan fingerprint density at radius 2 is 1.31 bits per heavy atom. The molecule has 98 valence electrons. The molecule has 0 aliphatic rings. The number of aliphatic hydroxyl groups is 1. The smallest absolute Gasteiger partial charge is 0.0445 e. The molecule has 0 aromatic rings. The Morgan fingerprint density at radius 3 is 1.81 bits per heavy atom. The maximum Gasteiger partial charge on any atom is 0.0445 e. The minimum atomic E-state index is 0.217. The molecule has 0 spiro atoms. The van der Waals surface area contributed by atoms with E-state index in [0.29, 0.717) is 0 Å². The molecular formula is C14H31NO. The summed E-state index contributed by atoms with van der Waals surface area (Å²) in [6.45, 7) is 2.49. The average Bonchev–Trinajstić information content (AvgIpc) is 2.27. The standard InChI is InChI=1S/C14H31NO/c1-2-3-4-5-6-7-8-9-10-11-14(15)12-13-16/h14,16H,2-13,15H2,1H3. The fourth-order valence-electron chi connectivity index (χ4n) is 2.03. The molecule has 0 amide bonds. The van der Waals surface area contributed by atoms with E-state index in [0.717, 1.165) is 12.8 Å². The Morgan fingerprint density at radius 1 is 0.812 bits per heavy atom. The molecule has 0 heterocycles. The van der Waals surface area contributed by atoms with E-state index in [-0.39, 0.29) is 12.6 Å². The van der Waals surface area contributed by atoms with Gasteiger partial charge in [0, 0.05) is 12.6 Å². The van der Waals surface area contributed by atoms with Crippen molar-refractivity contribution in [1.82, 2.24) is 0 Å². The topological polar surface area (TPSA) is 46.2 Å². The van der Waals surface area contributed by atoms with Crippen molar-refractivity contribution in [2.45, 2.75) is 83.6 Å². The summed E-state index contributed by atoms with van der Waals surface area (Å²) in [5, 5.41) is 8.70. The zero-order valence-electron chi connectivity index (χ0n) is 11.1. The average molecular weight is 229 g/mol. The largest absolute Gasteiger partial charge is 0.396 e. The highest BCUT2D eigenvalue weighted by molar-refractivity contribution is 4.60. The van der Waals surface area contributed by atoms with Gasteiger partial charge in [0.2, 0.25) is 0 Å². The molecule has 0 fully saturated rings. The highest BCUT2D eigenvalue weighted by Crippen LogP contribution is 2.11. The summed E-state index contributed by atoms with van der Waals surface area (Å²) in [5.74, 6) is 0. The molecule has 16 heavy (non-hydrogen) atoms. The number of aliphatic hydroxyl groups excluding tert-OH is 1. The molecule has 0 saturated carbocycles. The van der Waals surface area contributed by atoms with Gasteiger partial charge in [-0.3, -0.25) is 0 Å². The monoisotopic (exact) mass is 229 g/mol. The molecule has 1 atom stereocenters. The van der Waals surface area contributed by atoms with Crippen molar-refractivity contribution in [2.75, 3.05) is 6.61 Å². The number of rotatable bonds is 12. The van der Waals surface area contributed by atoms with E-state index in [4.69, 9.17) is 10.8 Å². The maximum atomic E-state index is 8.70. The zero-order valence-corrected chi connectivity index (χ0v) is 11.1. The highest BCUT2D eigenvalue weighted by atomic mass is 16.3. The van der Waals surface area contributed by atoms with Crippen LogP contribution in [0.4, 0.5) is 0 Å². The van der Waals surface area contributed by atoms with Crippen LogP contribution < -0.4 is 5.73 Å². The Hall–Kier alpha value is -0.0800. The van der Waals surface area contributed by atoms with Gasteiger partial charge in [-0.2, -0.15) is 0 Å². The molecular weight excluding hydrogens is 198 g/mol. The van der Waals surface area contributed by atoms with Crippen LogP contribution in [0.3, 0.4) is 0 Å². The fourth-order valence-corrected chi connectivity index (χ4v) is 2.03. The third-order valence-corrected chi connectivity index (χ3v) is 3.18. The molecule has 3 N–H and O–H groups in total. The van der Waals surface area contributed by atoms with Gasteiger partial charge in [-0.25, -0.2) is 0 Å². The van der Waals surface area contributed by atoms with E-state index in [1.807, 2.05) is 0 Å². The van der Waals surface area contributed by atoms with Gasteiger partial charge in [0.15, 0.2) is 0 Å². The van der Waals surface area contributed by atoms with E-state index in [9.17, 15) is 0 Å². The first-order chi connectivity index (χ1) is 7.81. The predicted molar refractivity (Wildman–Crippen MR) is 71.5 cm³/mol. The third kappa shape index (κ3) is 12.0. The summed E-state index contributed by atoms with van der Waals surface area (Å²) in [6, 6.07) is 0.217. The SMILES string of the molecule is CCCCCCCCCCCC(N)CCO. The highest BCUT2D eigenvalue weighted by Gasteiger charge is 2.00. The minimum Gasteiger partial charge on any atom is -0.396 e. The van der Waals surface area contributed by atoms with Crippen molar-refractivity contribution in [3.63, 3.8) is 0 Å². The van der Waals surface area contributed by atoms with Crippen LogP contribution in [-0.2, 0) is 0 Å². The fraction of sp³-hybridized carbons (Fsp3) is 1.00. The summed E-state index contributed by atoms with van der Waals surface area (Å²) in [4.78, 5) is 0. The Labute approximate surface area is 102 Å². The zero-order chi connectivity index (χ0) is 12.1. The maximum absolute atomic E-state index is 8.70. The van der Waals surface area contributed by atoms with Crippen LogP contribution in [0.5, 0.6) is 0 Å². The summed E-state index contributed by atoms with van der Waals surface area (Å²) in [6.07, 6.45) is 14.1. The summed E-state index contributed by atoms with van der Waals surface area (Å²) >= 11 is 0. The van der Waals surface area contributed by atoms with E-state index in [1.54, 1.807) is 0 Å². The van der Waals surface area contributed by atoms with Gasteiger partial charge >= 0.3 is 0 Å². The number of unbranched alkanes of at least 4 members (excludes halogenated alkanes) is 8. The van der Waals surface area contributed by atoms with Gasteiger partial charge < -0.3 is 10.8 Å². The summed E-state index contributed by atoms with van der Waals surface area (Å²) in [5.41, 5.74) is 5.82. The van der Waals surface area contributed by atoms with Crippen molar-refractivity contribution in [3.05, 3.63) is 0 Å². The first-order valence-corrected chi connectivity index (χ1v) is 7.17. The van der Waals surface area contributed by atoms with Crippen molar-refractivity contribution >= 4 is 0 Å². The molecule has 0 aliphatic carbocycles. The van der Waals surface area contributed by atoms with Crippen LogP contribution in [0, 0.1) is 0 Å². The van der Waals surface area contributed by atoms with E-state index in [1.165, 1.54) is 57.8 Å². The van der Waals surface area contributed by atoms with Gasteiger partial charge in [0.25, 0.3) is 0 Å². The number of hydrogen-bond donors (Lipinski definition) is 2. The molecule has 0 aliphatic heterocycles. The first kappa shape index (κ1) is 15.9. The van der Waals surface area contributed by atoms with Crippen molar-refractivity contribution in [2.24, 2.45) is 5.73 Å². The van der Waals surface area contributed by atoms with E-state index < -0.39 is 0 Å². The van der Waals surface area contributed by atoms with E-state index in [2.05, 4.69) is 6.92 Å². The molecule has 0 aromatic heterocycles. The van der Waals surface area contributed by atoms with Crippen LogP contribution in [0.1, 0.15) is 77.6 Å². The lowest BCUT2D eigenvalue weighted by atomic mass is 10.0. The first-order valence-electron chi connectivity index (χ1n) is 7.17. The third-order valence-electron chi connectivity index (χ3n) is 3.18. The van der Waals surface area contributed by atoms with Gasteiger partial charge in [-0.1, -0.05) is 64.7 Å². The molecule has 2 nitrogen and oxygen atoms in total. The van der Waals surface area contributed by atoms with Crippen LogP contribution in [-0.4, -0.2) is 17.8 Å². The quantitative estimate of drug-likeness (QED) is 0.502. The lowest BCUT2D eigenvalue weighted by Gasteiger charge is -2.08. The molecule has 0 bridgehead atoms. The van der Waals surface area contributed by atoms with E-state index >= 15 is 0 Å². The van der Waals surface area contributed by atoms with Crippen molar-refractivity contribution in [1.29, 1.82) is 0 Å². The molecule has 0 rings (SSSR count). The molecule has 1 unspecified atom stereocenters. The predicted octanol–water partition coefficient (Wildman–Crippen LogP) is 3.62. The van der Waals surface area contributed by atoms with Crippen molar-refractivity contribution < 1.29 is 5.11 Å². The second-order valence-corrected chi connectivity index (χ2v) is 4.89. The van der Waals surface area contributed by atoms with Gasteiger partial charge in [0.05, 0.1) is 0 Å². The Bertz CT molecular complexity index is 128. The molecule has 2 heteroatoms. The molecule has 0 aromatic carbocycles. The number of nitrogens with two attached hydrogens (primary N) is 1. The second kappa shape index (κ2) is 13.0.